The Labute approximate surface area is 153 Å². The van der Waals surface area contributed by atoms with Crippen molar-refractivity contribution in [2.24, 2.45) is 0 Å². The van der Waals surface area contributed by atoms with Crippen molar-refractivity contribution in [2.45, 2.75) is 12.0 Å². The molecule has 2 N–H and O–H groups in total. The van der Waals surface area contributed by atoms with Gasteiger partial charge in [-0.15, -0.1) is 0 Å². The smallest absolute Gasteiger partial charge is 0.356 e. The van der Waals surface area contributed by atoms with Gasteiger partial charge in [0.1, 0.15) is 5.69 Å². The fraction of sp³-hybridized carbons (Fsp3) is 0.222. The first-order valence-corrected chi connectivity index (χ1v) is 8.23. The Kier molecular flexibility index (Phi) is 3.81. The number of benzene rings is 1. The van der Waals surface area contributed by atoms with Crippen molar-refractivity contribution < 1.29 is 24.3 Å². The zero-order valence-electron chi connectivity index (χ0n) is 14.4. The highest BCUT2D eigenvalue weighted by atomic mass is 16.5. The number of likely N-dealkylation sites (tertiary alicyclic amines) is 1. The van der Waals surface area contributed by atoms with E-state index in [1.165, 1.54) is 15.6 Å². The molecule has 138 valence electrons. The normalized spacial score (nSPS) is 19.6. The van der Waals surface area contributed by atoms with Crippen LogP contribution in [0.3, 0.4) is 0 Å². The van der Waals surface area contributed by atoms with Crippen LogP contribution in [0, 0.1) is 0 Å². The van der Waals surface area contributed by atoms with Crippen molar-refractivity contribution in [3.05, 3.63) is 54.0 Å². The average molecular weight is 368 g/mol. The highest BCUT2D eigenvalue weighted by Crippen LogP contribution is 2.34. The van der Waals surface area contributed by atoms with Crippen LogP contribution in [0.15, 0.2) is 47.1 Å². The molecule has 1 aromatic carbocycles. The topological polar surface area (TPSA) is 122 Å². The third-order valence-corrected chi connectivity index (χ3v) is 4.64. The Morgan fingerprint density at radius 3 is 2.78 bits per heavy atom. The van der Waals surface area contributed by atoms with E-state index in [-0.39, 0.29) is 17.9 Å². The summed E-state index contributed by atoms with van der Waals surface area (Å²) in [5.41, 5.74) is 0.0105. The average Bonchev–Trinajstić information content (AvgIpc) is 3.39. The van der Waals surface area contributed by atoms with E-state index in [0.29, 0.717) is 23.5 Å². The number of carboxylic acids is 1. The molecule has 4 rings (SSSR count). The fourth-order valence-corrected chi connectivity index (χ4v) is 3.08. The lowest BCUT2D eigenvalue weighted by Crippen LogP contribution is -2.35. The van der Waals surface area contributed by atoms with E-state index in [0.717, 1.165) is 0 Å². The highest BCUT2D eigenvalue weighted by molar-refractivity contribution is 5.88. The van der Waals surface area contributed by atoms with Gasteiger partial charge in [-0.25, -0.2) is 9.48 Å². The molecule has 9 heteroatoms. The van der Waals surface area contributed by atoms with Crippen LogP contribution in [-0.4, -0.2) is 55.5 Å². The van der Waals surface area contributed by atoms with Gasteiger partial charge in [-0.1, -0.05) is 17.3 Å². The number of rotatable bonds is 4. The van der Waals surface area contributed by atoms with Crippen molar-refractivity contribution in [1.82, 2.24) is 19.8 Å². The van der Waals surface area contributed by atoms with Gasteiger partial charge in [-0.3, -0.25) is 4.79 Å². The van der Waals surface area contributed by atoms with Crippen molar-refractivity contribution in [1.29, 1.82) is 0 Å². The SMILES string of the molecule is CN1CC[C@@](O)(c2cc(-c3cccc(-n4ccc(C(=O)O)n4)c3)no2)C1=O. The van der Waals surface area contributed by atoms with Gasteiger partial charge in [-0.2, -0.15) is 5.10 Å². The Hall–Kier alpha value is -3.46. The molecule has 27 heavy (non-hydrogen) atoms. The predicted molar refractivity (Wildman–Crippen MR) is 92.2 cm³/mol. The quantitative estimate of drug-likeness (QED) is 0.711. The summed E-state index contributed by atoms with van der Waals surface area (Å²) in [5, 5.41) is 27.6. The highest BCUT2D eigenvalue weighted by Gasteiger charge is 2.48. The maximum absolute atomic E-state index is 12.2. The standard InChI is InChI=1S/C18H16N4O5/c1-21-8-6-18(26,17(21)25)15-10-14(20-27-15)11-3-2-4-12(9-11)22-7-5-13(19-22)16(23)24/h2-5,7,9-10,26H,6,8H2,1H3,(H,23,24)/t18-/m1/s1. The second-order valence-corrected chi connectivity index (χ2v) is 6.41. The molecule has 3 aromatic rings. The van der Waals surface area contributed by atoms with Crippen molar-refractivity contribution in [3.63, 3.8) is 0 Å². The van der Waals surface area contributed by atoms with Gasteiger partial charge >= 0.3 is 5.97 Å². The molecule has 0 saturated carbocycles. The molecule has 0 aliphatic carbocycles. The number of hydrogen-bond donors (Lipinski definition) is 2. The van der Waals surface area contributed by atoms with E-state index in [2.05, 4.69) is 10.3 Å². The van der Waals surface area contributed by atoms with Crippen LogP contribution in [-0.2, 0) is 10.4 Å². The van der Waals surface area contributed by atoms with Gasteiger partial charge in [0.15, 0.2) is 11.5 Å². The monoisotopic (exact) mass is 368 g/mol. The van der Waals surface area contributed by atoms with Crippen LogP contribution < -0.4 is 0 Å². The first-order chi connectivity index (χ1) is 12.9. The molecule has 9 nitrogen and oxygen atoms in total. The number of aromatic nitrogens is 3. The minimum atomic E-state index is -1.70. The Morgan fingerprint density at radius 1 is 1.30 bits per heavy atom. The Balaban J connectivity index is 1.66. The summed E-state index contributed by atoms with van der Waals surface area (Å²) in [6, 6.07) is 10.0. The summed E-state index contributed by atoms with van der Waals surface area (Å²) in [6.07, 6.45) is 1.79. The lowest BCUT2D eigenvalue weighted by atomic mass is 9.98. The van der Waals surface area contributed by atoms with Crippen LogP contribution in [0.4, 0.5) is 0 Å². The second kappa shape index (κ2) is 6.06. The largest absolute Gasteiger partial charge is 0.476 e. The summed E-state index contributed by atoms with van der Waals surface area (Å²) >= 11 is 0. The number of likely N-dealkylation sites (N-methyl/N-ethyl adjacent to an activating group) is 1. The Bertz CT molecular complexity index is 1040. The van der Waals surface area contributed by atoms with E-state index < -0.39 is 17.5 Å². The van der Waals surface area contributed by atoms with Gasteiger partial charge in [0.05, 0.1) is 5.69 Å². The number of nitrogens with zero attached hydrogens (tertiary/aromatic N) is 4. The van der Waals surface area contributed by atoms with E-state index in [9.17, 15) is 14.7 Å². The number of carbonyl (C=O) groups is 2. The van der Waals surface area contributed by atoms with E-state index in [4.69, 9.17) is 9.63 Å². The van der Waals surface area contributed by atoms with Crippen molar-refractivity contribution in [3.8, 4) is 16.9 Å². The first kappa shape index (κ1) is 17.0. The first-order valence-electron chi connectivity index (χ1n) is 8.23. The number of carbonyl (C=O) groups excluding carboxylic acids is 1. The summed E-state index contributed by atoms with van der Waals surface area (Å²) in [7, 11) is 1.62. The zero-order chi connectivity index (χ0) is 19.2. The van der Waals surface area contributed by atoms with Gasteiger partial charge in [0, 0.05) is 37.8 Å². The Morgan fingerprint density at radius 2 is 2.11 bits per heavy atom. The number of aliphatic hydroxyl groups is 1. The minimum Gasteiger partial charge on any atom is -0.476 e. The molecule has 3 heterocycles. The predicted octanol–water partition coefficient (Wildman–Crippen LogP) is 1.28. The molecule has 0 unspecified atom stereocenters. The van der Waals surface area contributed by atoms with E-state index in [1.54, 1.807) is 43.6 Å². The van der Waals surface area contributed by atoms with Gasteiger partial charge < -0.3 is 19.6 Å². The molecule has 1 fully saturated rings. The van der Waals surface area contributed by atoms with Gasteiger partial charge in [-0.05, 0) is 18.2 Å². The number of hydrogen-bond acceptors (Lipinski definition) is 6. The molecule has 1 aliphatic heterocycles. The maximum Gasteiger partial charge on any atom is 0.356 e. The number of aromatic carboxylic acids is 1. The lowest BCUT2D eigenvalue weighted by molar-refractivity contribution is -0.144. The number of carboxylic acid groups (broad SMARTS) is 1. The van der Waals surface area contributed by atoms with Crippen LogP contribution >= 0.6 is 0 Å². The van der Waals surface area contributed by atoms with Crippen molar-refractivity contribution >= 4 is 11.9 Å². The lowest BCUT2D eigenvalue weighted by Gasteiger charge is -2.16. The molecular formula is C18H16N4O5. The summed E-state index contributed by atoms with van der Waals surface area (Å²) < 4.78 is 6.70. The second-order valence-electron chi connectivity index (χ2n) is 6.41. The fourth-order valence-electron chi connectivity index (χ4n) is 3.08. The molecular weight excluding hydrogens is 352 g/mol. The molecule has 1 amide bonds. The molecule has 2 aromatic heterocycles. The zero-order valence-corrected chi connectivity index (χ0v) is 14.4. The van der Waals surface area contributed by atoms with Crippen LogP contribution in [0.2, 0.25) is 0 Å². The summed E-state index contributed by atoms with van der Waals surface area (Å²) in [6.45, 7) is 0.437. The molecule has 1 aliphatic rings. The molecule has 1 atom stereocenters. The van der Waals surface area contributed by atoms with Gasteiger partial charge in [0.2, 0.25) is 5.60 Å². The van der Waals surface area contributed by atoms with E-state index >= 15 is 0 Å². The van der Waals surface area contributed by atoms with E-state index in [1.807, 2.05) is 0 Å². The minimum absolute atomic E-state index is 0.0600. The van der Waals surface area contributed by atoms with Crippen LogP contribution in [0.1, 0.15) is 22.7 Å². The summed E-state index contributed by atoms with van der Waals surface area (Å²) in [4.78, 5) is 24.6. The third-order valence-electron chi connectivity index (χ3n) is 4.64. The number of amides is 1. The third kappa shape index (κ3) is 2.77. The summed E-state index contributed by atoms with van der Waals surface area (Å²) in [5.74, 6) is -1.42. The maximum atomic E-state index is 12.2. The molecule has 0 spiro atoms. The molecule has 0 bridgehead atoms. The van der Waals surface area contributed by atoms with Gasteiger partial charge in [0.25, 0.3) is 5.91 Å². The van der Waals surface area contributed by atoms with Crippen LogP contribution in [0.5, 0.6) is 0 Å². The van der Waals surface area contributed by atoms with Crippen molar-refractivity contribution in [2.75, 3.05) is 13.6 Å². The molecule has 0 radical (unpaired) electrons. The molecule has 1 saturated heterocycles. The van der Waals surface area contributed by atoms with Crippen LogP contribution in [0.25, 0.3) is 16.9 Å².